The van der Waals surface area contributed by atoms with Crippen LogP contribution in [-0.2, 0) is 14.3 Å². The monoisotopic (exact) mass is 258 g/mol. The molecule has 0 amide bonds. The number of rotatable bonds is 2. The summed E-state index contributed by atoms with van der Waals surface area (Å²) in [6, 6.07) is 0. The van der Waals surface area contributed by atoms with E-state index in [1.165, 1.54) is 0 Å². The molecule has 0 fully saturated rings. The highest BCUT2D eigenvalue weighted by atomic mass is 79.9. The van der Waals surface area contributed by atoms with Crippen molar-refractivity contribution in [2.45, 2.75) is 3.74 Å². The van der Waals surface area contributed by atoms with Crippen LogP contribution in [0.2, 0.25) is 0 Å². The van der Waals surface area contributed by atoms with Gasteiger partial charge in [0.05, 0.1) is 7.11 Å². The van der Waals surface area contributed by atoms with Crippen LogP contribution in [-0.4, -0.2) is 22.6 Å². The summed E-state index contributed by atoms with van der Waals surface area (Å²) < 4.78 is 3.48. The molecule has 0 saturated heterocycles. The first-order valence-electron chi connectivity index (χ1n) is 2.00. The van der Waals surface area contributed by atoms with Gasteiger partial charge in [-0.25, -0.2) is 4.79 Å². The molecule has 0 spiro atoms. The molecule has 3 nitrogen and oxygen atoms in total. The van der Waals surface area contributed by atoms with Crippen molar-refractivity contribution in [2.24, 2.45) is 0 Å². The third kappa shape index (κ3) is 2.95. The van der Waals surface area contributed by atoms with E-state index in [1.807, 2.05) is 0 Å². The SMILES string of the molecule is COC(=O)C(=O)C(Br)Br. The molecule has 0 aliphatic rings. The van der Waals surface area contributed by atoms with E-state index in [-0.39, 0.29) is 0 Å². The van der Waals surface area contributed by atoms with E-state index in [4.69, 9.17) is 0 Å². The summed E-state index contributed by atoms with van der Waals surface area (Å²) in [7, 11) is 1.16. The molecule has 0 aliphatic carbocycles. The number of carbonyl (C=O) groups excluding carboxylic acids is 2. The van der Waals surface area contributed by atoms with Crippen LogP contribution >= 0.6 is 31.9 Å². The van der Waals surface area contributed by atoms with Crippen molar-refractivity contribution in [2.75, 3.05) is 7.11 Å². The molecule has 0 aromatic carbocycles. The van der Waals surface area contributed by atoms with Crippen LogP contribution in [0.3, 0.4) is 0 Å². The Balaban J connectivity index is 3.89. The van der Waals surface area contributed by atoms with Gasteiger partial charge in [-0.15, -0.1) is 0 Å². The molecule has 0 atom stereocenters. The average Bonchev–Trinajstić information content (AvgIpc) is 1.84. The van der Waals surface area contributed by atoms with Gasteiger partial charge < -0.3 is 4.74 Å². The van der Waals surface area contributed by atoms with Crippen molar-refractivity contribution in [1.29, 1.82) is 0 Å². The Kier molecular flexibility index (Phi) is 4.05. The highest BCUT2D eigenvalue weighted by Crippen LogP contribution is 2.09. The predicted octanol–water partition coefficient (Wildman–Crippen LogP) is 0.844. The average molecular weight is 260 g/mol. The summed E-state index contributed by atoms with van der Waals surface area (Å²) in [6.45, 7) is 0. The summed E-state index contributed by atoms with van der Waals surface area (Å²) in [5.74, 6) is -1.49. The van der Waals surface area contributed by atoms with Gasteiger partial charge in [0.25, 0.3) is 5.78 Å². The second kappa shape index (κ2) is 4.00. The standard InChI is InChI=1S/C4H4Br2O3/c1-9-4(8)2(7)3(5)6/h3H,1H3. The molecule has 0 bridgehead atoms. The summed E-state index contributed by atoms with van der Waals surface area (Å²) >= 11 is 5.69. The minimum Gasteiger partial charge on any atom is -0.463 e. The second-order valence-electron chi connectivity index (χ2n) is 1.16. The normalized spacial score (nSPS) is 9.33. The van der Waals surface area contributed by atoms with Gasteiger partial charge in [0.15, 0.2) is 0 Å². The van der Waals surface area contributed by atoms with Crippen LogP contribution in [0, 0.1) is 0 Å². The zero-order chi connectivity index (χ0) is 7.44. The van der Waals surface area contributed by atoms with Crippen molar-refractivity contribution in [3.63, 3.8) is 0 Å². The Labute approximate surface area is 69.0 Å². The molecule has 9 heavy (non-hydrogen) atoms. The first-order chi connectivity index (χ1) is 4.09. The Bertz CT molecular complexity index is 132. The zero-order valence-electron chi connectivity index (χ0n) is 4.56. The van der Waals surface area contributed by atoms with Crippen LogP contribution in [0.5, 0.6) is 0 Å². The smallest absolute Gasteiger partial charge is 0.376 e. The number of ketones is 1. The molecule has 0 aromatic heterocycles. The van der Waals surface area contributed by atoms with Gasteiger partial charge in [-0.3, -0.25) is 4.79 Å². The molecule has 0 N–H and O–H groups in total. The lowest BCUT2D eigenvalue weighted by Gasteiger charge is -1.96. The molecule has 0 radical (unpaired) electrons. The maximum atomic E-state index is 10.5. The Morgan fingerprint density at radius 3 is 2.00 bits per heavy atom. The lowest BCUT2D eigenvalue weighted by Crippen LogP contribution is -2.20. The third-order valence-corrected chi connectivity index (χ3v) is 1.42. The maximum Gasteiger partial charge on any atom is 0.376 e. The van der Waals surface area contributed by atoms with Crippen molar-refractivity contribution < 1.29 is 14.3 Å². The summed E-state index contributed by atoms with van der Waals surface area (Å²) in [5.41, 5.74) is 0. The maximum absolute atomic E-state index is 10.5. The molecule has 0 aliphatic heterocycles. The Morgan fingerprint density at radius 1 is 1.44 bits per heavy atom. The van der Waals surface area contributed by atoms with Crippen molar-refractivity contribution in [3.05, 3.63) is 0 Å². The summed E-state index contributed by atoms with van der Waals surface area (Å²) in [6.07, 6.45) is 0. The fourth-order valence-corrected chi connectivity index (χ4v) is 0.564. The molecule has 0 aromatic rings. The number of ether oxygens (including phenoxy) is 1. The van der Waals surface area contributed by atoms with Gasteiger partial charge in [-0.1, -0.05) is 31.9 Å². The van der Waals surface area contributed by atoms with Crippen molar-refractivity contribution in [3.8, 4) is 0 Å². The third-order valence-electron chi connectivity index (χ3n) is 0.585. The second-order valence-corrected chi connectivity index (χ2v) is 4.22. The summed E-state index contributed by atoms with van der Waals surface area (Å²) in [5, 5.41) is 0. The highest BCUT2D eigenvalue weighted by molar-refractivity contribution is 9.25. The van der Waals surface area contributed by atoms with Gasteiger partial charge in [-0.2, -0.15) is 0 Å². The number of hydrogen-bond donors (Lipinski definition) is 0. The van der Waals surface area contributed by atoms with E-state index >= 15 is 0 Å². The van der Waals surface area contributed by atoms with E-state index in [0.717, 1.165) is 7.11 Å². The van der Waals surface area contributed by atoms with E-state index in [1.54, 1.807) is 0 Å². The number of carbonyl (C=O) groups is 2. The van der Waals surface area contributed by atoms with Crippen molar-refractivity contribution >= 4 is 43.6 Å². The Hall–Kier alpha value is 0.1000. The minimum absolute atomic E-state index is 0.641. The van der Waals surface area contributed by atoms with E-state index in [0.29, 0.717) is 0 Å². The molecule has 0 saturated carbocycles. The van der Waals surface area contributed by atoms with Crippen LogP contribution in [0.1, 0.15) is 0 Å². The lowest BCUT2D eigenvalue weighted by molar-refractivity contribution is -0.150. The molecule has 0 heterocycles. The van der Waals surface area contributed by atoms with Crippen LogP contribution < -0.4 is 0 Å². The number of halogens is 2. The van der Waals surface area contributed by atoms with Gasteiger partial charge >= 0.3 is 5.97 Å². The first kappa shape index (κ1) is 9.10. The van der Waals surface area contributed by atoms with Crippen molar-refractivity contribution in [1.82, 2.24) is 0 Å². The highest BCUT2D eigenvalue weighted by Gasteiger charge is 2.20. The number of methoxy groups -OCH3 is 1. The predicted molar refractivity (Wildman–Crippen MR) is 38.7 cm³/mol. The van der Waals surface area contributed by atoms with E-state index < -0.39 is 15.5 Å². The van der Waals surface area contributed by atoms with Gasteiger partial charge in [0.2, 0.25) is 0 Å². The largest absolute Gasteiger partial charge is 0.463 e. The number of alkyl halides is 2. The fraction of sp³-hybridized carbons (Fsp3) is 0.500. The molecular weight excluding hydrogens is 256 g/mol. The van der Waals surface area contributed by atoms with Gasteiger partial charge in [0.1, 0.15) is 3.74 Å². The number of hydrogen-bond acceptors (Lipinski definition) is 3. The number of Topliss-reactive ketones (excluding diaryl/α,β-unsaturated/α-hetero) is 1. The fourth-order valence-electron chi connectivity index (χ4n) is 0.190. The molecule has 52 valence electrons. The summed E-state index contributed by atoms with van der Waals surface area (Å²) in [4.78, 5) is 20.8. The van der Waals surface area contributed by atoms with Crippen LogP contribution in [0.25, 0.3) is 0 Å². The lowest BCUT2D eigenvalue weighted by atomic mass is 10.5. The molecular formula is C4H4Br2O3. The van der Waals surface area contributed by atoms with E-state index in [2.05, 4.69) is 36.6 Å². The quantitative estimate of drug-likeness (QED) is 0.420. The molecule has 0 unspecified atom stereocenters. The van der Waals surface area contributed by atoms with Crippen LogP contribution in [0.15, 0.2) is 0 Å². The topological polar surface area (TPSA) is 43.4 Å². The van der Waals surface area contributed by atoms with Gasteiger partial charge in [-0.05, 0) is 0 Å². The van der Waals surface area contributed by atoms with E-state index in [9.17, 15) is 9.59 Å². The molecule has 5 heteroatoms. The minimum atomic E-state index is -0.853. The first-order valence-corrected chi connectivity index (χ1v) is 3.83. The zero-order valence-corrected chi connectivity index (χ0v) is 7.73. The van der Waals surface area contributed by atoms with Gasteiger partial charge in [0, 0.05) is 0 Å². The van der Waals surface area contributed by atoms with Crippen LogP contribution in [0.4, 0.5) is 0 Å². The number of esters is 1. The molecule has 0 rings (SSSR count). The Morgan fingerprint density at radius 2 is 1.89 bits per heavy atom.